The lowest BCUT2D eigenvalue weighted by molar-refractivity contribution is -0.138. The predicted octanol–water partition coefficient (Wildman–Crippen LogP) is 2.61. The molecule has 0 saturated carbocycles. The highest BCUT2D eigenvalue weighted by Crippen LogP contribution is 2.33. The summed E-state index contributed by atoms with van der Waals surface area (Å²) in [5.41, 5.74) is -0.571. The number of aryl methyl sites for hydroxylation is 1. The first-order valence-electron chi connectivity index (χ1n) is 6.19. The van der Waals surface area contributed by atoms with Crippen LogP contribution in [-0.4, -0.2) is 35.2 Å². The van der Waals surface area contributed by atoms with E-state index in [4.69, 9.17) is 0 Å². The molecule has 0 aromatic heterocycles. The van der Waals surface area contributed by atoms with E-state index in [0.717, 1.165) is 6.07 Å². The summed E-state index contributed by atoms with van der Waals surface area (Å²) in [6.45, 7) is 1.96. The van der Waals surface area contributed by atoms with Crippen LogP contribution < -0.4 is 5.32 Å². The van der Waals surface area contributed by atoms with E-state index >= 15 is 0 Å². The number of urea groups is 1. The summed E-state index contributed by atoms with van der Waals surface area (Å²) < 4.78 is 38.3. The lowest BCUT2D eigenvalue weighted by Crippen LogP contribution is -2.33. The molecule has 0 unspecified atom stereocenters. The molecule has 4 nitrogen and oxygen atoms in total. The maximum absolute atomic E-state index is 12.8. The van der Waals surface area contributed by atoms with E-state index in [1.807, 2.05) is 0 Å². The molecule has 0 spiro atoms. The molecule has 1 saturated heterocycles. The summed E-state index contributed by atoms with van der Waals surface area (Å²) in [4.78, 5) is 13.2. The molecule has 0 radical (unpaired) electrons. The van der Waals surface area contributed by atoms with Crippen LogP contribution in [0, 0.1) is 6.92 Å². The number of benzene rings is 1. The Morgan fingerprint density at radius 3 is 2.70 bits per heavy atom. The van der Waals surface area contributed by atoms with Crippen molar-refractivity contribution < 1.29 is 23.1 Å². The number of alkyl halides is 3. The second kappa shape index (κ2) is 5.32. The van der Waals surface area contributed by atoms with Crippen LogP contribution in [0.1, 0.15) is 17.5 Å². The molecule has 7 heteroatoms. The van der Waals surface area contributed by atoms with E-state index in [1.165, 1.54) is 24.0 Å². The van der Waals surface area contributed by atoms with Gasteiger partial charge in [0.05, 0.1) is 11.7 Å². The molecule has 2 amide bonds. The quantitative estimate of drug-likeness (QED) is 0.834. The first kappa shape index (κ1) is 14.6. The molecule has 2 rings (SSSR count). The van der Waals surface area contributed by atoms with Crippen molar-refractivity contribution in [2.24, 2.45) is 0 Å². The minimum atomic E-state index is -4.45. The van der Waals surface area contributed by atoms with Crippen LogP contribution in [0.3, 0.4) is 0 Å². The number of nitrogens with one attached hydrogen (secondary N) is 1. The lowest BCUT2D eigenvalue weighted by atomic mass is 10.1. The van der Waals surface area contributed by atoms with Crippen molar-refractivity contribution in [1.82, 2.24) is 4.90 Å². The summed E-state index contributed by atoms with van der Waals surface area (Å²) in [6, 6.07) is 3.16. The highest BCUT2D eigenvalue weighted by molar-refractivity contribution is 5.89. The molecule has 110 valence electrons. The zero-order chi connectivity index (χ0) is 14.9. The zero-order valence-electron chi connectivity index (χ0n) is 10.9. The summed E-state index contributed by atoms with van der Waals surface area (Å²) in [6.07, 6.45) is -4.53. The van der Waals surface area contributed by atoms with E-state index in [2.05, 4.69) is 5.32 Å². The molecular weight excluding hydrogens is 273 g/mol. The smallest absolute Gasteiger partial charge is 0.391 e. The van der Waals surface area contributed by atoms with Gasteiger partial charge in [-0.2, -0.15) is 13.2 Å². The highest BCUT2D eigenvalue weighted by atomic mass is 19.4. The van der Waals surface area contributed by atoms with Crippen LogP contribution in [-0.2, 0) is 6.18 Å². The molecule has 1 aromatic rings. The van der Waals surface area contributed by atoms with Crippen molar-refractivity contribution in [2.45, 2.75) is 25.6 Å². The molecule has 2 N–H and O–H groups in total. The molecule has 20 heavy (non-hydrogen) atoms. The first-order chi connectivity index (χ1) is 9.27. The van der Waals surface area contributed by atoms with Gasteiger partial charge in [0.15, 0.2) is 0 Å². The topological polar surface area (TPSA) is 52.6 Å². The lowest BCUT2D eigenvalue weighted by Gasteiger charge is -2.18. The number of rotatable bonds is 1. The van der Waals surface area contributed by atoms with Crippen molar-refractivity contribution in [3.8, 4) is 0 Å². The fourth-order valence-corrected chi connectivity index (χ4v) is 2.13. The maximum atomic E-state index is 12.8. The Balaban J connectivity index is 2.12. The average molecular weight is 288 g/mol. The van der Waals surface area contributed by atoms with E-state index in [-0.39, 0.29) is 17.8 Å². The number of amides is 2. The number of aliphatic hydroxyl groups excluding tert-OH is 1. The number of hydrogen-bond acceptors (Lipinski definition) is 2. The fourth-order valence-electron chi connectivity index (χ4n) is 2.13. The van der Waals surface area contributed by atoms with E-state index in [0.29, 0.717) is 13.0 Å². The number of hydrogen-bond donors (Lipinski definition) is 2. The molecule has 1 fully saturated rings. The minimum Gasteiger partial charge on any atom is -0.391 e. The first-order valence-corrected chi connectivity index (χ1v) is 6.19. The molecule has 1 aliphatic heterocycles. The van der Waals surface area contributed by atoms with Crippen LogP contribution in [0.25, 0.3) is 0 Å². The largest absolute Gasteiger partial charge is 0.416 e. The Morgan fingerprint density at radius 2 is 2.15 bits per heavy atom. The molecule has 1 atom stereocenters. The summed E-state index contributed by atoms with van der Waals surface area (Å²) in [5, 5.41) is 11.8. The Morgan fingerprint density at radius 1 is 1.45 bits per heavy atom. The SMILES string of the molecule is Cc1ccc(NC(=O)N2CC[C@H](O)C2)cc1C(F)(F)F. The Kier molecular flexibility index (Phi) is 3.89. The number of carbonyl (C=O) groups is 1. The third-order valence-corrected chi connectivity index (χ3v) is 3.24. The van der Waals surface area contributed by atoms with Gasteiger partial charge in [0.2, 0.25) is 0 Å². The Bertz CT molecular complexity index is 517. The monoisotopic (exact) mass is 288 g/mol. The zero-order valence-corrected chi connectivity index (χ0v) is 10.9. The van der Waals surface area contributed by atoms with Crippen molar-refractivity contribution in [3.63, 3.8) is 0 Å². The van der Waals surface area contributed by atoms with Crippen LogP contribution in [0.4, 0.5) is 23.7 Å². The van der Waals surface area contributed by atoms with Gasteiger partial charge in [-0.15, -0.1) is 0 Å². The predicted molar refractivity (Wildman–Crippen MR) is 67.4 cm³/mol. The fraction of sp³-hybridized carbons (Fsp3) is 0.462. The Hall–Kier alpha value is -1.76. The highest BCUT2D eigenvalue weighted by Gasteiger charge is 2.33. The number of β-amino-alcohol motifs (C(OH)–C–C–N with tert-alkyl or cyclic N) is 1. The van der Waals surface area contributed by atoms with Gasteiger partial charge in [0.1, 0.15) is 0 Å². The number of anilines is 1. The van der Waals surface area contributed by atoms with Gasteiger partial charge in [-0.05, 0) is 31.0 Å². The normalized spacial score (nSPS) is 19.2. The average Bonchev–Trinajstić information content (AvgIpc) is 2.77. The van der Waals surface area contributed by atoms with Gasteiger partial charge < -0.3 is 15.3 Å². The van der Waals surface area contributed by atoms with Crippen molar-refractivity contribution in [1.29, 1.82) is 0 Å². The van der Waals surface area contributed by atoms with Gasteiger partial charge in [0.25, 0.3) is 0 Å². The standard InChI is InChI=1S/C13H15F3N2O2/c1-8-2-3-9(6-11(8)13(14,15)16)17-12(20)18-5-4-10(19)7-18/h2-3,6,10,19H,4-5,7H2,1H3,(H,17,20)/t10-/m0/s1. The Labute approximate surface area is 114 Å². The molecule has 1 aliphatic rings. The van der Waals surface area contributed by atoms with Crippen LogP contribution in [0.5, 0.6) is 0 Å². The van der Waals surface area contributed by atoms with E-state index < -0.39 is 23.9 Å². The molecular formula is C13H15F3N2O2. The summed E-state index contributed by atoms with van der Waals surface area (Å²) in [7, 11) is 0. The third-order valence-electron chi connectivity index (χ3n) is 3.24. The molecule has 1 aromatic carbocycles. The summed E-state index contributed by atoms with van der Waals surface area (Å²) in [5.74, 6) is 0. The van der Waals surface area contributed by atoms with E-state index in [9.17, 15) is 23.1 Å². The minimum absolute atomic E-state index is 0.0920. The van der Waals surface area contributed by atoms with Crippen LogP contribution in [0.15, 0.2) is 18.2 Å². The maximum Gasteiger partial charge on any atom is 0.416 e. The number of halogens is 3. The number of aliphatic hydroxyl groups is 1. The van der Waals surface area contributed by atoms with Gasteiger partial charge in [0, 0.05) is 18.8 Å². The van der Waals surface area contributed by atoms with Gasteiger partial charge in [-0.3, -0.25) is 0 Å². The number of likely N-dealkylation sites (tertiary alicyclic amines) is 1. The molecule has 0 aliphatic carbocycles. The second-order valence-corrected chi connectivity index (χ2v) is 4.85. The third kappa shape index (κ3) is 3.22. The number of nitrogens with zero attached hydrogens (tertiary/aromatic N) is 1. The van der Waals surface area contributed by atoms with Crippen molar-refractivity contribution >= 4 is 11.7 Å². The van der Waals surface area contributed by atoms with Crippen LogP contribution in [0.2, 0.25) is 0 Å². The molecule has 0 bridgehead atoms. The van der Waals surface area contributed by atoms with E-state index in [1.54, 1.807) is 0 Å². The van der Waals surface area contributed by atoms with Crippen molar-refractivity contribution in [2.75, 3.05) is 18.4 Å². The molecule has 1 heterocycles. The number of carbonyl (C=O) groups excluding carboxylic acids is 1. The summed E-state index contributed by atoms with van der Waals surface area (Å²) >= 11 is 0. The van der Waals surface area contributed by atoms with Gasteiger partial charge >= 0.3 is 12.2 Å². The van der Waals surface area contributed by atoms with Gasteiger partial charge in [-0.25, -0.2) is 4.79 Å². The van der Waals surface area contributed by atoms with Crippen molar-refractivity contribution in [3.05, 3.63) is 29.3 Å². The second-order valence-electron chi connectivity index (χ2n) is 4.85. The van der Waals surface area contributed by atoms with Crippen LogP contribution >= 0.6 is 0 Å². The van der Waals surface area contributed by atoms with Gasteiger partial charge in [-0.1, -0.05) is 6.07 Å².